The van der Waals surface area contributed by atoms with E-state index >= 15 is 0 Å². The number of carbonyl (C=O) groups excluding carboxylic acids is 1. The number of halogens is 1. The van der Waals surface area contributed by atoms with E-state index in [0.717, 1.165) is 4.21 Å². The Labute approximate surface area is 126 Å². The summed E-state index contributed by atoms with van der Waals surface area (Å²) in [6.07, 6.45) is 0. The Morgan fingerprint density at radius 2 is 2.21 bits per heavy atom. The number of hydrogen-bond donors (Lipinski definition) is 0. The molecule has 2 rings (SSSR count). The number of ketones is 1. The van der Waals surface area contributed by atoms with Crippen LogP contribution in [0.3, 0.4) is 0 Å². The lowest BCUT2D eigenvalue weighted by Gasteiger charge is -2.05. The van der Waals surface area contributed by atoms with Gasteiger partial charge >= 0.3 is 0 Å². The number of thiophene rings is 1. The molecule has 0 spiro atoms. The third kappa shape index (κ3) is 3.52. The molecule has 1 aromatic heterocycles. The van der Waals surface area contributed by atoms with Gasteiger partial charge in [-0.3, -0.25) is 9.00 Å². The fourth-order valence-electron chi connectivity index (χ4n) is 1.51. The Balaban J connectivity index is 2.12. The average Bonchev–Trinajstić information content (AvgIpc) is 2.92. The van der Waals surface area contributed by atoms with Gasteiger partial charge in [0.15, 0.2) is 5.78 Å². The average molecular weight is 359 g/mol. The number of ether oxygens (including phenoxy) is 1. The van der Waals surface area contributed by atoms with E-state index < -0.39 is 10.8 Å². The maximum atomic E-state index is 12.1. The molecule has 0 aliphatic carbocycles. The molecule has 0 radical (unpaired) electrons. The summed E-state index contributed by atoms with van der Waals surface area (Å²) in [5.74, 6) is 0.519. The standard InChI is InChI=1S/C13H11BrO3S2/c1-17-12-5-4-9(7-10(12)14)11(15)8-19(16)13-3-2-6-18-13/h2-7H,8H2,1H3. The zero-order valence-electron chi connectivity index (χ0n) is 10.1. The Bertz CT molecular complexity index is 608. The number of rotatable bonds is 5. The van der Waals surface area contributed by atoms with Gasteiger partial charge in [-0.05, 0) is 45.6 Å². The van der Waals surface area contributed by atoms with Gasteiger partial charge in [0.25, 0.3) is 0 Å². The molecule has 100 valence electrons. The molecule has 1 atom stereocenters. The van der Waals surface area contributed by atoms with Crippen LogP contribution in [0.2, 0.25) is 0 Å². The molecule has 3 nitrogen and oxygen atoms in total. The van der Waals surface area contributed by atoms with Crippen LogP contribution in [-0.2, 0) is 10.8 Å². The predicted molar refractivity (Wildman–Crippen MR) is 80.6 cm³/mol. The molecule has 0 aliphatic heterocycles. The monoisotopic (exact) mass is 358 g/mol. The van der Waals surface area contributed by atoms with Crippen molar-refractivity contribution in [3.8, 4) is 5.75 Å². The van der Waals surface area contributed by atoms with Crippen molar-refractivity contribution < 1.29 is 13.7 Å². The molecule has 0 bridgehead atoms. The molecule has 0 saturated heterocycles. The molecular formula is C13H11BrO3S2. The Hall–Kier alpha value is -0.980. The molecule has 2 aromatic rings. The molecule has 0 aliphatic rings. The molecule has 1 aromatic carbocycles. The molecule has 0 fully saturated rings. The van der Waals surface area contributed by atoms with Crippen molar-refractivity contribution >= 4 is 43.8 Å². The smallest absolute Gasteiger partial charge is 0.175 e. The summed E-state index contributed by atoms with van der Waals surface area (Å²) >= 11 is 4.73. The zero-order chi connectivity index (χ0) is 13.8. The van der Waals surface area contributed by atoms with Crippen molar-refractivity contribution in [1.29, 1.82) is 0 Å². The first-order valence-electron chi connectivity index (χ1n) is 5.40. The predicted octanol–water partition coefficient (Wildman–Crippen LogP) is 3.51. The Kier molecular flexibility index (Phi) is 4.90. The van der Waals surface area contributed by atoms with Gasteiger partial charge in [0.1, 0.15) is 5.75 Å². The van der Waals surface area contributed by atoms with E-state index in [1.165, 1.54) is 11.3 Å². The van der Waals surface area contributed by atoms with Crippen LogP contribution in [0.4, 0.5) is 0 Å². The van der Waals surface area contributed by atoms with E-state index in [1.807, 2.05) is 11.4 Å². The van der Waals surface area contributed by atoms with Crippen LogP contribution in [-0.4, -0.2) is 22.9 Å². The highest BCUT2D eigenvalue weighted by Gasteiger charge is 2.14. The van der Waals surface area contributed by atoms with Crippen LogP contribution in [0, 0.1) is 0 Å². The highest BCUT2D eigenvalue weighted by atomic mass is 79.9. The summed E-state index contributed by atoms with van der Waals surface area (Å²) in [6, 6.07) is 8.68. The first-order valence-corrected chi connectivity index (χ1v) is 8.39. The third-order valence-corrected chi connectivity index (χ3v) is 5.69. The van der Waals surface area contributed by atoms with Gasteiger partial charge in [-0.25, -0.2) is 0 Å². The number of hydrogen-bond acceptors (Lipinski definition) is 4. The summed E-state index contributed by atoms with van der Waals surface area (Å²) in [6.45, 7) is 0. The van der Waals surface area contributed by atoms with Gasteiger partial charge < -0.3 is 4.74 Å². The fourth-order valence-corrected chi connectivity index (χ4v) is 4.05. The van der Waals surface area contributed by atoms with Gasteiger partial charge in [-0.1, -0.05) is 6.07 Å². The second-order valence-corrected chi connectivity index (χ2v) is 7.17. The minimum atomic E-state index is -1.27. The molecular weight excluding hydrogens is 348 g/mol. The van der Waals surface area contributed by atoms with E-state index in [-0.39, 0.29) is 11.5 Å². The maximum Gasteiger partial charge on any atom is 0.175 e. The van der Waals surface area contributed by atoms with Crippen LogP contribution >= 0.6 is 27.3 Å². The van der Waals surface area contributed by atoms with Crippen molar-refractivity contribution in [2.75, 3.05) is 12.9 Å². The Morgan fingerprint density at radius 3 is 2.79 bits per heavy atom. The van der Waals surface area contributed by atoms with Crippen LogP contribution < -0.4 is 4.74 Å². The number of carbonyl (C=O) groups is 1. The van der Waals surface area contributed by atoms with E-state index in [1.54, 1.807) is 31.4 Å². The Morgan fingerprint density at radius 1 is 1.42 bits per heavy atom. The van der Waals surface area contributed by atoms with E-state index in [4.69, 9.17) is 4.74 Å². The van der Waals surface area contributed by atoms with Gasteiger partial charge in [-0.15, -0.1) is 11.3 Å². The molecule has 0 N–H and O–H groups in total. The summed E-state index contributed by atoms with van der Waals surface area (Å²) in [5.41, 5.74) is 0.526. The largest absolute Gasteiger partial charge is 0.496 e. The minimum absolute atomic E-state index is 0.000712. The molecule has 19 heavy (non-hydrogen) atoms. The highest BCUT2D eigenvalue weighted by molar-refractivity contribution is 9.10. The molecule has 0 saturated carbocycles. The summed E-state index contributed by atoms with van der Waals surface area (Å²) < 4.78 is 18.5. The topological polar surface area (TPSA) is 43.4 Å². The first kappa shape index (κ1) is 14.4. The first-order chi connectivity index (χ1) is 9.11. The van der Waals surface area contributed by atoms with Crippen molar-refractivity contribution in [2.45, 2.75) is 4.21 Å². The summed E-state index contributed by atoms with van der Waals surface area (Å²) in [4.78, 5) is 12.1. The van der Waals surface area contributed by atoms with E-state index in [0.29, 0.717) is 15.8 Å². The number of benzene rings is 1. The lowest BCUT2D eigenvalue weighted by atomic mass is 10.1. The van der Waals surface area contributed by atoms with Gasteiger partial charge in [0.05, 0.1) is 32.3 Å². The fraction of sp³-hybridized carbons (Fsp3) is 0.154. The minimum Gasteiger partial charge on any atom is -0.496 e. The van der Waals surface area contributed by atoms with Crippen molar-refractivity contribution in [1.82, 2.24) is 0 Å². The van der Waals surface area contributed by atoms with E-state index in [2.05, 4.69) is 15.9 Å². The normalized spacial score (nSPS) is 12.1. The number of methoxy groups -OCH3 is 1. The summed E-state index contributed by atoms with van der Waals surface area (Å²) in [7, 11) is 0.289. The van der Waals surface area contributed by atoms with Crippen molar-refractivity contribution in [2.24, 2.45) is 0 Å². The lowest BCUT2D eigenvalue weighted by Crippen LogP contribution is -2.10. The highest BCUT2D eigenvalue weighted by Crippen LogP contribution is 2.26. The van der Waals surface area contributed by atoms with Crippen LogP contribution in [0.5, 0.6) is 5.75 Å². The van der Waals surface area contributed by atoms with Crippen molar-refractivity contribution in [3.05, 3.63) is 45.7 Å². The van der Waals surface area contributed by atoms with Crippen LogP contribution in [0.25, 0.3) is 0 Å². The van der Waals surface area contributed by atoms with Crippen molar-refractivity contribution in [3.63, 3.8) is 0 Å². The van der Waals surface area contributed by atoms with E-state index in [9.17, 15) is 9.00 Å². The van der Waals surface area contributed by atoms with Gasteiger partial charge in [0, 0.05) is 5.56 Å². The third-order valence-electron chi connectivity index (χ3n) is 2.46. The zero-order valence-corrected chi connectivity index (χ0v) is 13.3. The van der Waals surface area contributed by atoms with Crippen LogP contribution in [0.15, 0.2) is 44.4 Å². The second kappa shape index (κ2) is 6.45. The second-order valence-electron chi connectivity index (χ2n) is 3.69. The molecule has 1 heterocycles. The van der Waals surface area contributed by atoms with Gasteiger partial charge in [-0.2, -0.15) is 0 Å². The SMILES string of the molecule is COc1ccc(C(=O)CS(=O)c2cccs2)cc1Br. The lowest BCUT2D eigenvalue weighted by molar-refractivity contribution is 0.102. The van der Waals surface area contributed by atoms with Gasteiger partial charge in [0.2, 0.25) is 0 Å². The maximum absolute atomic E-state index is 12.1. The molecule has 0 amide bonds. The molecule has 1 unspecified atom stereocenters. The number of Topliss-reactive ketones (excluding diaryl/α,β-unsaturated/α-hetero) is 1. The molecule has 6 heteroatoms. The summed E-state index contributed by atoms with van der Waals surface area (Å²) in [5, 5.41) is 1.85. The van der Waals surface area contributed by atoms with Crippen LogP contribution in [0.1, 0.15) is 10.4 Å². The quantitative estimate of drug-likeness (QED) is 0.768.